The van der Waals surface area contributed by atoms with Crippen molar-refractivity contribution in [3.8, 4) is 28.1 Å². The number of nitrogens with one attached hydrogen (secondary N) is 1. The highest BCUT2D eigenvalue weighted by Gasteiger charge is 2.19. The summed E-state index contributed by atoms with van der Waals surface area (Å²) in [4.78, 5) is 14.8. The summed E-state index contributed by atoms with van der Waals surface area (Å²) in [6.45, 7) is 0. The number of hydrogen-bond donors (Lipinski definition) is 2. The van der Waals surface area contributed by atoms with Crippen LogP contribution in [0.3, 0.4) is 0 Å². The van der Waals surface area contributed by atoms with Crippen LogP contribution < -0.4 is 15.9 Å². The lowest BCUT2D eigenvalue weighted by atomic mass is 10.0. The third kappa shape index (κ3) is 2.27. The highest BCUT2D eigenvalue weighted by Crippen LogP contribution is 2.35. The molecule has 0 atom stereocenters. The summed E-state index contributed by atoms with van der Waals surface area (Å²) in [5.41, 5.74) is 7.92. The number of aromatic amines is 1. The number of pyridine rings is 1. The van der Waals surface area contributed by atoms with Gasteiger partial charge < -0.3 is 20.0 Å². The van der Waals surface area contributed by atoms with E-state index in [9.17, 15) is 4.79 Å². The van der Waals surface area contributed by atoms with Gasteiger partial charge in [-0.1, -0.05) is 17.3 Å². The van der Waals surface area contributed by atoms with Crippen LogP contribution in [0.1, 0.15) is 0 Å². The van der Waals surface area contributed by atoms with E-state index in [0.29, 0.717) is 16.8 Å². The zero-order valence-electron chi connectivity index (χ0n) is 11.3. The van der Waals surface area contributed by atoms with Gasteiger partial charge in [0.15, 0.2) is 5.43 Å². The Morgan fingerprint density at radius 2 is 2.00 bits per heavy atom. The predicted octanol–water partition coefficient (Wildman–Crippen LogP) is 2.29. The lowest BCUT2D eigenvalue weighted by molar-refractivity contribution is 0.415. The van der Waals surface area contributed by atoms with Crippen LogP contribution >= 0.6 is 0 Å². The highest BCUT2D eigenvalue weighted by molar-refractivity contribution is 5.86. The Kier molecular flexibility index (Phi) is 3.19. The van der Waals surface area contributed by atoms with Gasteiger partial charge in [0.2, 0.25) is 5.88 Å². The van der Waals surface area contributed by atoms with E-state index in [1.165, 1.54) is 6.07 Å². The van der Waals surface area contributed by atoms with Crippen LogP contribution in [0, 0.1) is 0 Å². The topological polar surface area (TPSA) is 94.1 Å². The first kappa shape index (κ1) is 13.0. The van der Waals surface area contributed by atoms with Gasteiger partial charge in [-0.25, -0.2) is 0 Å². The Balaban J connectivity index is 2.17. The summed E-state index contributed by atoms with van der Waals surface area (Å²) in [6.07, 6.45) is 3.13. The Bertz CT molecular complexity index is 819. The Morgan fingerprint density at radius 1 is 1.24 bits per heavy atom. The maximum absolute atomic E-state index is 12.0. The first-order valence-corrected chi connectivity index (χ1v) is 6.27. The third-order valence-electron chi connectivity index (χ3n) is 3.18. The molecule has 21 heavy (non-hydrogen) atoms. The number of H-pyrrole nitrogens is 1. The summed E-state index contributed by atoms with van der Waals surface area (Å²) < 4.78 is 10.2. The second-order valence-electron chi connectivity index (χ2n) is 4.42. The van der Waals surface area contributed by atoms with E-state index in [4.69, 9.17) is 15.0 Å². The molecule has 0 unspecified atom stereocenters. The molecule has 6 nitrogen and oxygen atoms in total. The molecule has 6 heteroatoms. The molecule has 106 valence electrons. The van der Waals surface area contributed by atoms with Crippen molar-refractivity contribution in [2.45, 2.75) is 0 Å². The number of anilines is 1. The summed E-state index contributed by atoms with van der Waals surface area (Å²) >= 11 is 0. The molecule has 1 aromatic carbocycles. The maximum Gasteiger partial charge on any atom is 0.230 e. The van der Waals surface area contributed by atoms with E-state index in [0.717, 1.165) is 11.3 Å². The van der Waals surface area contributed by atoms with E-state index in [-0.39, 0.29) is 11.3 Å². The largest absolute Gasteiger partial charge is 0.497 e. The highest BCUT2D eigenvalue weighted by atomic mass is 16.5. The molecule has 3 N–H and O–H groups in total. The second kappa shape index (κ2) is 5.16. The number of nitrogen functional groups attached to an aromatic ring is 1. The first-order chi connectivity index (χ1) is 10.2. The van der Waals surface area contributed by atoms with Crippen molar-refractivity contribution in [3.05, 3.63) is 52.9 Å². The molecule has 0 aliphatic heterocycles. The number of aromatic nitrogens is 2. The van der Waals surface area contributed by atoms with Crippen LogP contribution in [-0.2, 0) is 0 Å². The minimum Gasteiger partial charge on any atom is -0.497 e. The zero-order chi connectivity index (χ0) is 14.8. The van der Waals surface area contributed by atoms with E-state index in [1.54, 1.807) is 31.6 Å². The summed E-state index contributed by atoms with van der Waals surface area (Å²) in [5, 5.41) is 3.91. The minimum atomic E-state index is -0.156. The number of hydrogen-bond acceptors (Lipinski definition) is 5. The monoisotopic (exact) mass is 283 g/mol. The SMILES string of the molecule is COc1ccc(-c2c(-c3c[nH]ccc3=O)noc2N)cc1. The summed E-state index contributed by atoms with van der Waals surface area (Å²) in [5.74, 6) is 0.895. The van der Waals surface area contributed by atoms with Crippen molar-refractivity contribution in [1.82, 2.24) is 10.1 Å². The van der Waals surface area contributed by atoms with E-state index in [2.05, 4.69) is 10.1 Å². The Hall–Kier alpha value is -3.02. The molecule has 3 rings (SSSR count). The van der Waals surface area contributed by atoms with Gasteiger partial charge >= 0.3 is 0 Å². The number of benzene rings is 1. The van der Waals surface area contributed by atoms with Crippen LogP contribution in [0.25, 0.3) is 22.4 Å². The molecule has 0 aliphatic rings. The average molecular weight is 283 g/mol. The van der Waals surface area contributed by atoms with Crippen LogP contribution in [0.5, 0.6) is 5.75 Å². The molecule has 0 spiro atoms. The van der Waals surface area contributed by atoms with E-state index < -0.39 is 0 Å². The van der Waals surface area contributed by atoms with Crippen LogP contribution in [0.15, 0.2) is 52.0 Å². The lowest BCUT2D eigenvalue weighted by Crippen LogP contribution is -2.03. The smallest absolute Gasteiger partial charge is 0.230 e. The Morgan fingerprint density at radius 3 is 2.67 bits per heavy atom. The number of nitrogens with zero attached hydrogens (tertiary/aromatic N) is 1. The number of rotatable bonds is 3. The molecule has 0 aliphatic carbocycles. The van der Waals surface area contributed by atoms with E-state index in [1.807, 2.05) is 12.1 Å². The van der Waals surface area contributed by atoms with Crippen molar-refractivity contribution in [1.29, 1.82) is 0 Å². The van der Waals surface area contributed by atoms with Gasteiger partial charge in [-0.3, -0.25) is 4.79 Å². The van der Waals surface area contributed by atoms with Crippen LogP contribution in [-0.4, -0.2) is 17.3 Å². The molecule has 0 amide bonds. The number of ether oxygens (including phenoxy) is 1. The zero-order valence-corrected chi connectivity index (χ0v) is 11.3. The quantitative estimate of drug-likeness (QED) is 0.769. The van der Waals surface area contributed by atoms with Crippen LogP contribution in [0.2, 0.25) is 0 Å². The standard InChI is InChI=1S/C15H13N3O3/c1-20-10-4-2-9(3-5-10)13-14(18-21-15(13)16)11-8-17-7-6-12(11)19/h2-8H,16H2,1H3,(H,17,19). The fraction of sp³-hybridized carbons (Fsp3) is 0.0667. The van der Waals surface area contributed by atoms with Crippen molar-refractivity contribution in [2.24, 2.45) is 0 Å². The predicted molar refractivity (Wildman–Crippen MR) is 79.0 cm³/mol. The fourth-order valence-corrected chi connectivity index (χ4v) is 2.12. The second-order valence-corrected chi connectivity index (χ2v) is 4.42. The summed E-state index contributed by atoms with van der Waals surface area (Å²) in [7, 11) is 1.59. The number of nitrogens with two attached hydrogens (primary N) is 1. The number of methoxy groups -OCH3 is 1. The molecule has 0 saturated heterocycles. The molecule has 0 fully saturated rings. The van der Waals surface area contributed by atoms with Crippen LogP contribution in [0.4, 0.5) is 5.88 Å². The third-order valence-corrected chi connectivity index (χ3v) is 3.18. The lowest BCUT2D eigenvalue weighted by Gasteiger charge is -2.04. The van der Waals surface area contributed by atoms with Crippen molar-refractivity contribution >= 4 is 5.88 Å². The van der Waals surface area contributed by atoms with Gasteiger partial charge in [0.05, 0.1) is 18.2 Å². The van der Waals surface area contributed by atoms with Gasteiger partial charge in [0, 0.05) is 18.5 Å². The summed E-state index contributed by atoms with van der Waals surface area (Å²) in [6, 6.07) is 8.71. The van der Waals surface area contributed by atoms with Gasteiger partial charge in [0.25, 0.3) is 0 Å². The fourth-order valence-electron chi connectivity index (χ4n) is 2.12. The molecule has 0 bridgehead atoms. The van der Waals surface area contributed by atoms with Crippen molar-refractivity contribution < 1.29 is 9.26 Å². The molecule has 0 radical (unpaired) electrons. The van der Waals surface area contributed by atoms with Gasteiger partial charge in [-0.05, 0) is 17.7 Å². The molecule has 3 aromatic rings. The average Bonchev–Trinajstić information content (AvgIpc) is 2.89. The maximum atomic E-state index is 12.0. The molecular weight excluding hydrogens is 270 g/mol. The molecular formula is C15H13N3O3. The molecule has 2 aromatic heterocycles. The molecule has 2 heterocycles. The minimum absolute atomic E-state index is 0.156. The first-order valence-electron chi connectivity index (χ1n) is 6.27. The van der Waals surface area contributed by atoms with E-state index >= 15 is 0 Å². The van der Waals surface area contributed by atoms with Crippen molar-refractivity contribution in [3.63, 3.8) is 0 Å². The van der Waals surface area contributed by atoms with Gasteiger partial charge in [-0.2, -0.15) is 0 Å². The van der Waals surface area contributed by atoms with Gasteiger partial charge in [-0.15, -0.1) is 0 Å². The normalized spacial score (nSPS) is 10.5. The van der Waals surface area contributed by atoms with Gasteiger partial charge in [0.1, 0.15) is 11.4 Å². The molecule has 0 saturated carbocycles. The Labute approximate surface area is 120 Å². The van der Waals surface area contributed by atoms with Crippen molar-refractivity contribution in [2.75, 3.05) is 12.8 Å².